The molecule has 19 heavy (non-hydrogen) atoms. The lowest BCUT2D eigenvalue weighted by atomic mass is 9.81. The fourth-order valence-corrected chi connectivity index (χ4v) is 2.52. The van der Waals surface area contributed by atoms with Crippen LogP contribution in [0.15, 0.2) is 18.2 Å². The first-order chi connectivity index (χ1) is 8.87. The molecule has 0 spiro atoms. The molecule has 1 aliphatic heterocycles. The van der Waals surface area contributed by atoms with Crippen LogP contribution in [0, 0.1) is 5.41 Å². The molecule has 1 unspecified atom stereocenters. The van der Waals surface area contributed by atoms with Crippen molar-refractivity contribution in [3.63, 3.8) is 0 Å². The summed E-state index contributed by atoms with van der Waals surface area (Å²) >= 11 is 0. The zero-order chi connectivity index (χ0) is 14.0. The van der Waals surface area contributed by atoms with E-state index in [-0.39, 0.29) is 6.42 Å². The van der Waals surface area contributed by atoms with Gasteiger partial charge in [0.1, 0.15) is 0 Å². The number of hydrogen-bond donors (Lipinski definition) is 2. The Bertz CT molecular complexity index is 479. The van der Waals surface area contributed by atoms with Crippen LogP contribution in [-0.2, 0) is 22.7 Å². The first kappa shape index (κ1) is 14.0. The maximum atomic E-state index is 10.8. The highest BCUT2D eigenvalue weighted by atomic mass is 16.5. The van der Waals surface area contributed by atoms with Crippen molar-refractivity contribution in [3.8, 4) is 0 Å². The molecule has 2 rings (SSSR count). The minimum Gasteiger partial charge on any atom is -0.481 e. The average molecular weight is 264 g/mol. The number of ether oxygens (including phenoxy) is 1. The molecular formula is C15H20O4. The van der Waals surface area contributed by atoms with Crippen LogP contribution >= 0.6 is 0 Å². The highest BCUT2D eigenvalue weighted by molar-refractivity contribution is 5.67. The Balaban J connectivity index is 2.07. The summed E-state index contributed by atoms with van der Waals surface area (Å²) in [6, 6.07) is 5.84. The van der Waals surface area contributed by atoms with Gasteiger partial charge in [0.25, 0.3) is 0 Å². The third-order valence-electron chi connectivity index (χ3n) is 3.51. The summed E-state index contributed by atoms with van der Waals surface area (Å²) in [5.74, 6) is -0.834. The van der Waals surface area contributed by atoms with Gasteiger partial charge in [-0.15, -0.1) is 0 Å². The third-order valence-corrected chi connectivity index (χ3v) is 3.51. The Morgan fingerprint density at radius 1 is 1.37 bits per heavy atom. The third kappa shape index (κ3) is 3.55. The number of benzene rings is 1. The highest BCUT2D eigenvalue weighted by Gasteiger charge is 2.26. The fourth-order valence-electron chi connectivity index (χ4n) is 2.52. The lowest BCUT2D eigenvalue weighted by molar-refractivity contribution is -0.139. The molecule has 0 fully saturated rings. The van der Waals surface area contributed by atoms with E-state index in [1.54, 1.807) is 0 Å². The van der Waals surface area contributed by atoms with Gasteiger partial charge in [0.15, 0.2) is 0 Å². The van der Waals surface area contributed by atoms with E-state index in [2.05, 4.69) is 0 Å². The van der Waals surface area contributed by atoms with Gasteiger partial charge >= 0.3 is 5.97 Å². The summed E-state index contributed by atoms with van der Waals surface area (Å²) < 4.78 is 5.34. The molecule has 0 aliphatic carbocycles. The van der Waals surface area contributed by atoms with Crippen molar-refractivity contribution in [1.29, 1.82) is 0 Å². The van der Waals surface area contributed by atoms with Gasteiger partial charge in [-0.25, -0.2) is 0 Å². The standard InChI is InChI=1S/C15H20O4/c1-15(2,7-14(17)18)6-13(16)10-3-4-11-8-19-9-12(11)5-10/h3-5,13,16H,6-9H2,1-2H3,(H,17,18). The lowest BCUT2D eigenvalue weighted by Gasteiger charge is -2.26. The normalized spacial score (nSPS) is 16.2. The molecule has 1 aromatic carbocycles. The van der Waals surface area contributed by atoms with Crippen LogP contribution in [0.2, 0.25) is 0 Å². The van der Waals surface area contributed by atoms with Crippen molar-refractivity contribution >= 4 is 5.97 Å². The molecule has 2 N–H and O–H groups in total. The smallest absolute Gasteiger partial charge is 0.303 e. The van der Waals surface area contributed by atoms with Gasteiger partial charge in [-0.1, -0.05) is 32.0 Å². The number of rotatable bonds is 5. The zero-order valence-electron chi connectivity index (χ0n) is 11.3. The number of fused-ring (bicyclic) bond motifs is 1. The van der Waals surface area contributed by atoms with Crippen LogP contribution in [0.3, 0.4) is 0 Å². The van der Waals surface area contributed by atoms with Gasteiger partial charge in [-0.2, -0.15) is 0 Å². The summed E-state index contributed by atoms with van der Waals surface area (Å²) in [6.45, 7) is 4.95. The Kier molecular flexibility index (Phi) is 3.92. The molecule has 4 nitrogen and oxygen atoms in total. The first-order valence-corrected chi connectivity index (χ1v) is 6.47. The van der Waals surface area contributed by atoms with Crippen LogP contribution in [0.1, 0.15) is 49.5 Å². The van der Waals surface area contributed by atoms with Gasteiger partial charge in [0.2, 0.25) is 0 Å². The number of carboxylic acids is 1. The first-order valence-electron chi connectivity index (χ1n) is 6.47. The van der Waals surface area contributed by atoms with Gasteiger partial charge < -0.3 is 14.9 Å². The molecule has 104 valence electrons. The molecular weight excluding hydrogens is 244 g/mol. The Morgan fingerprint density at radius 2 is 2.05 bits per heavy atom. The van der Waals surface area contributed by atoms with Crippen molar-refractivity contribution in [2.24, 2.45) is 5.41 Å². The number of carbonyl (C=O) groups is 1. The summed E-state index contributed by atoms with van der Waals surface area (Å²) in [7, 11) is 0. The van der Waals surface area contributed by atoms with E-state index in [9.17, 15) is 9.90 Å². The maximum Gasteiger partial charge on any atom is 0.303 e. The van der Waals surface area contributed by atoms with Gasteiger partial charge in [-0.3, -0.25) is 4.79 Å². The number of aliphatic carboxylic acids is 1. The number of hydrogen-bond acceptors (Lipinski definition) is 3. The Morgan fingerprint density at radius 3 is 2.74 bits per heavy atom. The fraction of sp³-hybridized carbons (Fsp3) is 0.533. The molecule has 0 saturated heterocycles. The van der Waals surface area contributed by atoms with Crippen LogP contribution in [-0.4, -0.2) is 16.2 Å². The van der Waals surface area contributed by atoms with Crippen molar-refractivity contribution in [2.75, 3.05) is 0 Å². The van der Waals surface area contributed by atoms with E-state index in [4.69, 9.17) is 9.84 Å². The van der Waals surface area contributed by atoms with Crippen molar-refractivity contribution in [1.82, 2.24) is 0 Å². The SMILES string of the molecule is CC(C)(CC(=O)O)CC(O)c1ccc2c(c1)COC2. The van der Waals surface area contributed by atoms with Crippen LogP contribution in [0.5, 0.6) is 0 Å². The summed E-state index contributed by atoms with van der Waals surface area (Å²) in [6.07, 6.45) is -0.155. The molecule has 1 heterocycles. The van der Waals surface area contributed by atoms with E-state index in [0.29, 0.717) is 19.6 Å². The predicted molar refractivity (Wildman–Crippen MR) is 70.5 cm³/mol. The van der Waals surface area contributed by atoms with Crippen LogP contribution < -0.4 is 0 Å². The summed E-state index contributed by atoms with van der Waals surface area (Å²) in [4.78, 5) is 10.8. The molecule has 0 saturated carbocycles. The quantitative estimate of drug-likeness (QED) is 0.858. The van der Waals surface area contributed by atoms with Crippen molar-refractivity contribution in [3.05, 3.63) is 34.9 Å². The maximum absolute atomic E-state index is 10.8. The Hall–Kier alpha value is -1.39. The van der Waals surface area contributed by atoms with E-state index in [1.165, 1.54) is 5.56 Å². The average Bonchev–Trinajstić information content (AvgIpc) is 2.72. The van der Waals surface area contributed by atoms with E-state index < -0.39 is 17.5 Å². The van der Waals surface area contributed by atoms with E-state index in [1.807, 2.05) is 32.0 Å². The zero-order valence-corrected chi connectivity index (χ0v) is 11.3. The highest BCUT2D eigenvalue weighted by Crippen LogP contribution is 2.34. The minimum absolute atomic E-state index is 0.0537. The molecule has 1 atom stereocenters. The van der Waals surface area contributed by atoms with E-state index in [0.717, 1.165) is 11.1 Å². The minimum atomic E-state index is -0.834. The summed E-state index contributed by atoms with van der Waals surface area (Å²) in [5, 5.41) is 19.1. The van der Waals surface area contributed by atoms with Crippen molar-refractivity contribution in [2.45, 2.75) is 46.0 Å². The lowest BCUT2D eigenvalue weighted by Crippen LogP contribution is -2.20. The second-order valence-electron chi connectivity index (χ2n) is 5.98. The molecule has 1 aromatic rings. The summed E-state index contributed by atoms with van der Waals surface area (Å²) in [5.41, 5.74) is 2.69. The second-order valence-corrected chi connectivity index (χ2v) is 5.98. The van der Waals surface area contributed by atoms with Gasteiger partial charge in [0.05, 0.1) is 25.7 Å². The van der Waals surface area contributed by atoms with Gasteiger partial charge in [-0.05, 0) is 28.5 Å². The Labute approximate surface area is 113 Å². The van der Waals surface area contributed by atoms with Crippen molar-refractivity contribution < 1.29 is 19.7 Å². The molecule has 0 radical (unpaired) electrons. The molecule has 0 aromatic heterocycles. The number of aliphatic hydroxyl groups is 1. The molecule has 1 aliphatic rings. The monoisotopic (exact) mass is 264 g/mol. The van der Waals surface area contributed by atoms with Crippen LogP contribution in [0.25, 0.3) is 0 Å². The number of carboxylic acid groups (broad SMARTS) is 1. The second kappa shape index (κ2) is 5.31. The van der Waals surface area contributed by atoms with Crippen LogP contribution in [0.4, 0.5) is 0 Å². The largest absolute Gasteiger partial charge is 0.481 e. The molecule has 0 amide bonds. The van der Waals surface area contributed by atoms with E-state index >= 15 is 0 Å². The topological polar surface area (TPSA) is 66.8 Å². The predicted octanol–water partition coefficient (Wildman–Crippen LogP) is 2.64. The van der Waals surface area contributed by atoms with Gasteiger partial charge in [0, 0.05) is 0 Å². The molecule has 0 bridgehead atoms. The number of aliphatic hydroxyl groups excluding tert-OH is 1. The molecule has 4 heteroatoms.